The standard InChI is InChI=1S/C12H16N4O/c1-12(2,3)16-6-8-4-5-17-15-10-9(8)11(16)14-7-13-10/h6-7H,4-5H2,1-3H3,(H,13,14,15). The zero-order valence-corrected chi connectivity index (χ0v) is 10.3. The van der Waals surface area contributed by atoms with Crippen LogP contribution in [0.15, 0.2) is 12.5 Å². The lowest BCUT2D eigenvalue weighted by atomic mass is 10.1. The SMILES string of the molecule is CC(C)(C)n1cc2c3c(ncnc31)NOCC2. The number of nitrogens with one attached hydrogen (secondary N) is 1. The molecule has 0 spiro atoms. The number of hydrogen-bond acceptors (Lipinski definition) is 4. The van der Waals surface area contributed by atoms with Crippen LogP contribution in [0.2, 0.25) is 0 Å². The Morgan fingerprint density at radius 3 is 2.94 bits per heavy atom. The summed E-state index contributed by atoms with van der Waals surface area (Å²) in [6.45, 7) is 7.18. The molecule has 1 N–H and O–H groups in total. The largest absolute Gasteiger partial charge is 0.327 e. The van der Waals surface area contributed by atoms with Gasteiger partial charge in [-0.15, -0.1) is 0 Å². The lowest BCUT2D eigenvalue weighted by molar-refractivity contribution is 0.199. The molecular formula is C12H16N4O. The minimum atomic E-state index is 0.0160. The zero-order chi connectivity index (χ0) is 12.0. The van der Waals surface area contributed by atoms with Crippen LogP contribution in [0.5, 0.6) is 0 Å². The molecular weight excluding hydrogens is 216 g/mol. The van der Waals surface area contributed by atoms with E-state index in [1.807, 2.05) is 0 Å². The van der Waals surface area contributed by atoms with E-state index in [4.69, 9.17) is 4.84 Å². The van der Waals surface area contributed by atoms with Crippen LogP contribution in [0.3, 0.4) is 0 Å². The highest BCUT2D eigenvalue weighted by Crippen LogP contribution is 2.31. The van der Waals surface area contributed by atoms with Gasteiger partial charge >= 0.3 is 0 Å². The van der Waals surface area contributed by atoms with Gasteiger partial charge in [0.25, 0.3) is 0 Å². The third-order valence-corrected chi connectivity index (χ3v) is 3.03. The van der Waals surface area contributed by atoms with Gasteiger partial charge in [-0.1, -0.05) is 0 Å². The molecule has 0 aliphatic carbocycles. The fraction of sp³-hybridized carbons (Fsp3) is 0.500. The van der Waals surface area contributed by atoms with Gasteiger partial charge < -0.3 is 4.57 Å². The van der Waals surface area contributed by atoms with Crippen molar-refractivity contribution >= 4 is 16.9 Å². The molecule has 5 nitrogen and oxygen atoms in total. The summed E-state index contributed by atoms with van der Waals surface area (Å²) in [6.07, 6.45) is 4.62. The fourth-order valence-electron chi connectivity index (χ4n) is 2.19. The molecule has 0 saturated heterocycles. The van der Waals surface area contributed by atoms with Gasteiger partial charge in [0.15, 0.2) is 5.82 Å². The molecule has 3 rings (SSSR count). The maximum absolute atomic E-state index is 5.30. The first-order valence-corrected chi connectivity index (χ1v) is 5.80. The Morgan fingerprint density at radius 2 is 2.18 bits per heavy atom. The van der Waals surface area contributed by atoms with Gasteiger partial charge in [-0.05, 0) is 26.3 Å². The van der Waals surface area contributed by atoms with E-state index in [1.165, 1.54) is 5.56 Å². The normalized spacial score (nSPS) is 15.7. The van der Waals surface area contributed by atoms with Crippen molar-refractivity contribution in [2.75, 3.05) is 12.1 Å². The Balaban J connectivity index is 2.35. The number of hydrogen-bond donors (Lipinski definition) is 1. The van der Waals surface area contributed by atoms with Crippen molar-refractivity contribution in [3.05, 3.63) is 18.1 Å². The molecule has 5 heteroatoms. The lowest BCUT2D eigenvalue weighted by Gasteiger charge is -2.22. The van der Waals surface area contributed by atoms with Crippen LogP contribution in [0, 0.1) is 0 Å². The zero-order valence-electron chi connectivity index (χ0n) is 10.3. The molecule has 2 aromatic heterocycles. The van der Waals surface area contributed by atoms with Crippen molar-refractivity contribution in [3.8, 4) is 0 Å². The summed E-state index contributed by atoms with van der Waals surface area (Å²) in [7, 11) is 0. The molecule has 0 atom stereocenters. The van der Waals surface area contributed by atoms with Crippen molar-refractivity contribution in [3.63, 3.8) is 0 Å². The average molecular weight is 232 g/mol. The third kappa shape index (κ3) is 1.58. The quantitative estimate of drug-likeness (QED) is 0.755. The summed E-state index contributed by atoms with van der Waals surface area (Å²) in [5, 5.41) is 1.08. The molecule has 1 aliphatic rings. The first-order valence-electron chi connectivity index (χ1n) is 5.80. The molecule has 1 aliphatic heterocycles. The Labute approximate surface area is 99.8 Å². The Kier molecular flexibility index (Phi) is 2.13. The maximum Gasteiger partial charge on any atom is 0.162 e. The molecule has 0 saturated carbocycles. The average Bonchev–Trinajstić information content (AvgIpc) is 2.51. The van der Waals surface area contributed by atoms with Crippen molar-refractivity contribution < 1.29 is 4.84 Å². The first-order chi connectivity index (χ1) is 8.07. The molecule has 2 aromatic rings. The van der Waals surface area contributed by atoms with Gasteiger partial charge in [-0.2, -0.15) is 0 Å². The second-order valence-electron chi connectivity index (χ2n) is 5.32. The van der Waals surface area contributed by atoms with Crippen LogP contribution in [0.25, 0.3) is 11.0 Å². The minimum Gasteiger partial charge on any atom is -0.327 e. The smallest absolute Gasteiger partial charge is 0.162 e. The summed E-state index contributed by atoms with van der Waals surface area (Å²) in [5.74, 6) is 0.769. The van der Waals surface area contributed by atoms with E-state index < -0.39 is 0 Å². The molecule has 0 unspecified atom stereocenters. The van der Waals surface area contributed by atoms with E-state index in [9.17, 15) is 0 Å². The molecule has 0 fully saturated rings. The van der Waals surface area contributed by atoms with E-state index in [2.05, 4.69) is 47.0 Å². The summed E-state index contributed by atoms with van der Waals surface area (Å²) >= 11 is 0. The highest BCUT2D eigenvalue weighted by molar-refractivity contribution is 5.91. The van der Waals surface area contributed by atoms with E-state index in [1.54, 1.807) is 6.33 Å². The molecule has 0 bridgehead atoms. The predicted octanol–water partition coefficient (Wildman–Crippen LogP) is 2.09. The summed E-state index contributed by atoms with van der Waals surface area (Å²) in [4.78, 5) is 13.9. The van der Waals surface area contributed by atoms with Crippen molar-refractivity contribution in [1.29, 1.82) is 0 Å². The van der Waals surface area contributed by atoms with Crippen molar-refractivity contribution in [2.24, 2.45) is 0 Å². The van der Waals surface area contributed by atoms with Crippen molar-refractivity contribution in [2.45, 2.75) is 32.7 Å². The van der Waals surface area contributed by atoms with Crippen LogP contribution in [-0.4, -0.2) is 21.1 Å². The highest BCUT2D eigenvalue weighted by atomic mass is 16.6. The van der Waals surface area contributed by atoms with Gasteiger partial charge in [-0.3, -0.25) is 4.84 Å². The number of rotatable bonds is 0. The minimum absolute atomic E-state index is 0.0160. The second kappa shape index (κ2) is 3.43. The van der Waals surface area contributed by atoms with E-state index in [0.29, 0.717) is 6.61 Å². The number of aromatic nitrogens is 3. The molecule has 0 aromatic carbocycles. The molecule has 90 valence electrons. The van der Waals surface area contributed by atoms with Crippen LogP contribution >= 0.6 is 0 Å². The van der Waals surface area contributed by atoms with E-state index >= 15 is 0 Å². The second-order valence-corrected chi connectivity index (χ2v) is 5.32. The molecule has 0 radical (unpaired) electrons. The van der Waals surface area contributed by atoms with Gasteiger partial charge in [-0.25, -0.2) is 15.4 Å². The van der Waals surface area contributed by atoms with Gasteiger partial charge in [0.1, 0.15) is 12.0 Å². The Hall–Kier alpha value is -1.62. The number of nitrogens with zero attached hydrogens (tertiary/aromatic N) is 3. The maximum atomic E-state index is 5.30. The van der Waals surface area contributed by atoms with Crippen LogP contribution in [-0.2, 0) is 16.8 Å². The predicted molar refractivity (Wildman–Crippen MR) is 65.8 cm³/mol. The van der Waals surface area contributed by atoms with Gasteiger partial charge in [0.2, 0.25) is 0 Å². The molecule has 0 amide bonds. The van der Waals surface area contributed by atoms with E-state index in [-0.39, 0.29) is 5.54 Å². The monoisotopic (exact) mass is 232 g/mol. The number of anilines is 1. The fourth-order valence-corrected chi connectivity index (χ4v) is 2.19. The van der Waals surface area contributed by atoms with Gasteiger partial charge in [0.05, 0.1) is 12.0 Å². The van der Waals surface area contributed by atoms with E-state index in [0.717, 1.165) is 23.3 Å². The Bertz CT molecular complexity index is 568. The van der Waals surface area contributed by atoms with Crippen LogP contribution < -0.4 is 5.48 Å². The summed E-state index contributed by atoms with van der Waals surface area (Å²) in [5.41, 5.74) is 5.12. The Morgan fingerprint density at radius 1 is 1.35 bits per heavy atom. The highest BCUT2D eigenvalue weighted by Gasteiger charge is 2.22. The van der Waals surface area contributed by atoms with Gasteiger partial charge in [0, 0.05) is 18.2 Å². The first kappa shape index (κ1) is 10.5. The third-order valence-electron chi connectivity index (χ3n) is 3.03. The summed E-state index contributed by atoms with van der Waals surface area (Å²) < 4.78 is 2.20. The van der Waals surface area contributed by atoms with Crippen LogP contribution in [0.4, 0.5) is 5.82 Å². The molecule has 17 heavy (non-hydrogen) atoms. The molecule has 3 heterocycles. The van der Waals surface area contributed by atoms with Crippen molar-refractivity contribution in [1.82, 2.24) is 14.5 Å². The van der Waals surface area contributed by atoms with Crippen LogP contribution in [0.1, 0.15) is 26.3 Å². The topological polar surface area (TPSA) is 52.0 Å². The lowest BCUT2D eigenvalue weighted by Crippen LogP contribution is -2.21. The summed E-state index contributed by atoms with van der Waals surface area (Å²) in [6, 6.07) is 0.